The van der Waals surface area contributed by atoms with Gasteiger partial charge in [0.2, 0.25) is 0 Å². The predicted molar refractivity (Wildman–Crippen MR) is 73.7 cm³/mol. The van der Waals surface area contributed by atoms with Gasteiger partial charge in [0.05, 0.1) is 5.92 Å². The topological polar surface area (TPSA) is 17.1 Å². The van der Waals surface area contributed by atoms with Crippen LogP contribution in [-0.2, 0) is 0 Å². The zero-order chi connectivity index (χ0) is 12.5. The molecule has 0 aromatic heterocycles. The largest absolute Gasteiger partial charge is 0.293 e. The third-order valence-electron chi connectivity index (χ3n) is 3.41. The summed E-state index contributed by atoms with van der Waals surface area (Å²) in [5.41, 5.74) is 4.12. The summed E-state index contributed by atoms with van der Waals surface area (Å²) in [6.45, 7) is 2.05. The van der Waals surface area contributed by atoms with Crippen molar-refractivity contribution >= 4 is 11.9 Å². The van der Waals surface area contributed by atoms with E-state index in [0.717, 1.165) is 16.7 Å². The van der Waals surface area contributed by atoms with Crippen molar-refractivity contribution in [2.24, 2.45) is 0 Å². The molecule has 0 N–H and O–H groups in total. The van der Waals surface area contributed by atoms with Gasteiger partial charge in [-0.25, -0.2) is 0 Å². The number of fused-ring (bicyclic) bond motifs is 1. The van der Waals surface area contributed by atoms with E-state index in [9.17, 15) is 4.79 Å². The SMILES string of the molecule is Cc1ccc(C2C=Cc3ccccc3C2=O)cc1. The summed E-state index contributed by atoms with van der Waals surface area (Å²) in [5, 5.41) is 0. The average molecular weight is 234 g/mol. The summed E-state index contributed by atoms with van der Waals surface area (Å²) in [6, 6.07) is 15.9. The molecular formula is C17H14O. The zero-order valence-electron chi connectivity index (χ0n) is 10.3. The van der Waals surface area contributed by atoms with Crippen molar-refractivity contribution in [3.05, 3.63) is 76.9 Å². The molecule has 0 fully saturated rings. The van der Waals surface area contributed by atoms with Gasteiger partial charge in [0.15, 0.2) is 5.78 Å². The molecule has 2 aromatic rings. The van der Waals surface area contributed by atoms with Crippen molar-refractivity contribution in [3.8, 4) is 0 Å². The number of Topliss-reactive ketones (excluding diaryl/α,β-unsaturated/α-hetero) is 1. The fraction of sp³-hybridized carbons (Fsp3) is 0.118. The van der Waals surface area contributed by atoms with Gasteiger partial charge in [0.1, 0.15) is 0 Å². The van der Waals surface area contributed by atoms with Gasteiger partial charge in [0, 0.05) is 5.56 Å². The lowest BCUT2D eigenvalue weighted by atomic mass is 9.84. The first-order valence-corrected chi connectivity index (χ1v) is 6.14. The molecule has 0 radical (unpaired) electrons. The monoisotopic (exact) mass is 234 g/mol. The molecule has 0 aliphatic heterocycles. The van der Waals surface area contributed by atoms with Crippen LogP contribution in [0.5, 0.6) is 0 Å². The lowest BCUT2D eigenvalue weighted by molar-refractivity contribution is 0.0975. The second-order valence-corrected chi connectivity index (χ2v) is 4.70. The molecular weight excluding hydrogens is 220 g/mol. The van der Waals surface area contributed by atoms with Crippen LogP contribution in [0.4, 0.5) is 0 Å². The molecule has 0 bridgehead atoms. The van der Waals surface area contributed by atoms with Crippen molar-refractivity contribution in [2.45, 2.75) is 12.8 Å². The Balaban J connectivity index is 2.03. The van der Waals surface area contributed by atoms with Gasteiger partial charge in [-0.2, -0.15) is 0 Å². The lowest BCUT2D eigenvalue weighted by Crippen LogP contribution is -2.15. The minimum atomic E-state index is -0.138. The number of carbonyl (C=O) groups is 1. The highest BCUT2D eigenvalue weighted by molar-refractivity contribution is 6.07. The minimum absolute atomic E-state index is 0.138. The van der Waals surface area contributed by atoms with E-state index in [1.54, 1.807) is 0 Å². The van der Waals surface area contributed by atoms with Crippen LogP contribution in [0, 0.1) is 6.92 Å². The molecule has 1 heteroatoms. The standard InChI is InChI=1S/C17H14O/c1-12-6-8-14(9-7-12)16-11-10-13-4-2-3-5-15(13)17(16)18/h2-11,16H,1H3. The Morgan fingerprint density at radius 2 is 1.67 bits per heavy atom. The number of rotatable bonds is 1. The van der Waals surface area contributed by atoms with Gasteiger partial charge in [-0.15, -0.1) is 0 Å². The summed E-state index contributed by atoms with van der Waals surface area (Å²) >= 11 is 0. The van der Waals surface area contributed by atoms with Crippen molar-refractivity contribution < 1.29 is 4.79 Å². The number of hydrogen-bond acceptors (Lipinski definition) is 1. The summed E-state index contributed by atoms with van der Waals surface area (Å²) in [4.78, 5) is 12.5. The molecule has 3 rings (SSSR count). The van der Waals surface area contributed by atoms with Gasteiger partial charge in [-0.1, -0.05) is 66.2 Å². The number of benzene rings is 2. The van der Waals surface area contributed by atoms with Gasteiger partial charge < -0.3 is 0 Å². The van der Waals surface area contributed by atoms with Gasteiger partial charge >= 0.3 is 0 Å². The Hall–Kier alpha value is -2.15. The highest BCUT2D eigenvalue weighted by Gasteiger charge is 2.24. The number of ketones is 1. The molecule has 88 valence electrons. The van der Waals surface area contributed by atoms with Crippen LogP contribution in [0.1, 0.15) is 33.0 Å². The molecule has 1 aliphatic rings. The summed E-state index contributed by atoms with van der Waals surface area (Å²) in [7, 11) is 0. The molecule has 0 amide bonds. The van der Waals surface area contributed by atoms with Gasteiger partial charge in [-0.3, -0.25) is 4.79 Å². The van der Waals surface area contributed by atoms with Gasteiger partial charge in [-0.05, 0) is 18.1 Å². The Bertz CT molecular complexity index is 620. The lowest BCUT2D eigenvalue weighted by Gasteiger charge is -2.18. The first kappa shape index (κ1) is 11.0. The van der Waals surface area contributed by atoms with E-state index in [-0.39, 0.29) is 11.7 Å². The molecule has 2 aromatic carbocycles. The molecule has 18 heavy (non-hydrogen) atoms. The zero-order valence-corrected chi connectivity index (χ0v) is 10.3. The fourth-order valence-electron chi connectivity index (χ4n) is 2.36. The molecule has 0 saturated heterocycles. The maximum atomic E-state index is 12.5. The minimum Gasteiger partial charge on any atom is -0.293 e. The van der Waals surface area contributed by atoms with Crippen molar-refractivity contribution in [3.63, 3.8) is 0 Å². The maximum absolute atomic E-state index is 12.5. The summed E-state index contributed by atoms with van der Waals surface area (Å²) in [6.07, 6.45) is 4.04. The predicted octanol–water partition coefficient (Wildman–Crippen LogP) is 3.99. The number of carbonyl (C=O) groups excluding carboxylic acids is 1. The fourth-order valence-corrected chi connectivity index (χ4v) is 2.36. The smallest absolute Gasteiger partial charge is 0.174 e. The highest BCUT2D eigenvalue weighted by Crippen LogP contribution is 2.29. The first-order valence-electron chi connectivity index (χ1n) is 6.14. The molecule has 0 saturated carbocycles. The number of allylic oxidation sites excluding steroid dienone is 1. The van der Waals surface area contributed by atoms with E-state index < -0.39 is 0 Å². The summed E-state index contributed by atoms with van der Waals surface area (Å²) in [5.74, 6) is 0.0532. The first-order chi connectivity index (χ1) is 8.75. The average Bonchev–Trinajstić information content (AvgIpc) is 2.41. The quantitative estimate of drug-likeness (QED) is 0.729. The van der Waals surface area contributed by atoms with Crippen molar-refractivity contribution in [2.75, 3.05) is 0 Å². The van der Waals surface area contributed by atoms with E-state index in [0.29, 0.717) is 0 Å². The van der Waals surface area contributed by atoms with Crippen LogP contribution in [-0.4, -0.2) is 5.78 Å². The van der Waals surface area contributed by atoms with E-state index in [2.05, 4.69) is 19.1 Å². The Morgan fingerprint density at radius 3 is 2.44 bits per heavy atom. The van der Waals surface area contributed by atoms with Crippen LogP contribution < -0.4 is 0 Å². The second kappa shape index (κ2) is 4.26. The highest BCUT2D eigenvalue weighted by atomic mass is 16.1. The van der Waals surface area contributed by atoms with Crippen LogP contribution in [0.3, 0.4) is 0 Å². The van der Waals surface area contributed by atoms with E-state index in [1.165, 1.54) is 5.56 Å². The summed E-state index contributed by atoms with van der Waals surface area (Å²) < 4.78 is 0. The Labute approximate surface area is 107 Å². The van der Waals surface area contributed by atoms with E-state index in [4.69, 9.17) is 0 Å². The van der Waals surface area contributed by atoms with E-state index in [1.807, 2.05) is 48.6 Å². The van der Waals surface area contributed by atoms with Crippen LogP contribution in [0.25, 0.3) is 6.08 Å². The Morgan fingerprint density at radius 1 is 0.944 bits per heavy atom. The third kappa shape index (κ3) is 1.78. The normalized spacial score (nSPS) is 17.6. The molecule has 1 atom stereocenters. The van der Waals surface area contributed by atoms with Gasteiger partial charge in [0.25, 0.3) is 0 Å². The molecule has 0 spiro atoms. The molecule has 1 nitrogen and oxygen atoms in total. The molecule has 0 heterocycles. The van der Waals surface area contributed by atoms with Crippen molar-refractivity contribution in [1.82, 2.24) is 0 Å². The van der Waals surface area contributed by atoms with Crippen LogP contribution in [0.2, 0.25) is 0 Å². The maximum Gasteiger partial charge on any atom is 0.174 e. The van der Waals surface area contributed by atoms with Crippen LogP contribution >= 0.6 is 0 Å². The van der Waals surface area contributed by atoms with E-state index >= 15 is 0 Å². The van der Waals surface area contributed by atoms with Crippen LogP contribution in [0.15, 0.2) is 54.6 Å². The second-order valence-electron chi connectivity index (χ2n) is 4.70. The number of aryl methyl sites for hydroxylation is 1. The molecule has 1 aliphatic carbocycles. The Kier molecular flexibility index (Phi) is 2.60. The third-order valence-corrected chi connectivity index (χ3v) is 3.41. The molecule has 1 unspecified atom stereocenters. The number of hydrogen-bond donors (Lipinski definition) is 0. The van der Waals surface area contributed by atoms with Crippen molar-refractivity contribution in [1.29, 1.82) is 0 Å².